The fourth-order valence-corrected chi connectivity index (χ4v) is 11.0. The zero-order valence-corrected chi connectivity index (χ0v) is 37.4. The minimum Gasteiger partial charge on any atom is -0.455 e. The summed E-state index contributed by atoms with van der Waals surface area (Å²) in [5, 5.41) is 16.9. The highest BCUT2D eigenvalue weighted by Crippen LogP contribution is 2.44. The molecule has 0 unspecified atom stereocenters. The summed E-state index contributed by atoms with van der Waals surface area (Å²) in [5.41, 5.74) is 6.90. The number of nitrogens with zero attached hydrogens (tertiary/aromatic N) is 6. The molecule has 0 bridgehead atoms. The molecule has 0 spiro atoms. The van der Waals surface area contributed by atoms with Crippen LogP contribution in [0.5, 0.6) is 11.5 Å². The third kappa shape index (κ3) is 8.95. The molecule has 3 fully saturated rings. The van der Waals surface area contributed by atoms with Crippen LogP contribution in [-0.2, 0) is 10.0 Å². The Balaban J connectivity index is 0.856. The highest BCUT2D eigenvalue weighted by Gasteiger charge is 2.32. The number of nitrogens with one attached hydrogen (secondary N) is 1. The smallest absolute Gasteiger partial charge is 0.293 e. The highest BCUT2D eigenvalue weighted by molar-refractivity contribution is 7.90. The number of ether oxygens (including phenoxy) is 1. The molecule has 9 rings (SSSR count). The van der Waals surface area contributed by atoms with Crippen molar-refractivity contribution in [1.29, 1.82) is 0 Å². The molecule has 2 aliphatic heterocycles. The molecule has 14 heteroatoms. The average molecular weight is 879 g/mol. The van der Waals surface area contributed by atoms with E-state index in [4.69, 9.17) is 16.3 Å². The summed E-state index contributed by atoms with van der Waals surface area (Å²) in [6.45, 7) is 13.3. The lowest BCUT2D eigenvalue weighted by molar-refractivity contribution is -0.384. The van der Waals surface area contributed by atoms with Crippen molar-refractivity contribution in [2.75, 3.05) is 56.0 Å². The number of benzene rings is 3. The van der Waals surface area contributed by atoms with Gasteiger partial charge in [0, 0.05) is 92.3 Å². The molecule has 4 heterocycles. The van der Waals surface area contributed by atoms with Crippen molar-refractivity contribution in [3.63, 3.8) is 0 Å². The lowest BCUT2D eigenvalue weighted by Gasteiger charge is -2.42. The number of anilines is 2. The number of pyridine rings is 1. The van der Waals surface area contributed by atoms with Gasteiger partial charge in [0.15, 0.2) is 5.65 Å². The number of nitro groups is 1. The van der Waals surface area contributed by atoms with Gasteiger partial charge in [0.25, 0.3) is 15.7 Å². The van der Waals surface area contributed by atoms with Crippen LogP contribution < -0.4 is 15.0 Å². The maximum absolute atomic E-state index is 14.0. The Hall–Kier alpha value is -4.95. The number of piperidine rings is 1. The van der Waals surface area contributed by atoms with Gasteiger partial charge in [0.1, 0.15) is 17.2 Å². The van der Waals surface area contributed by atoms with Crippen molar-refractivity contribution in [2.24, 2.45) is 5.41 Å². The Bertz CT molecular complexity index is 2610. The average Bonchev–Trinajstić information content (AvgIpc) is 3.67. The van der Waals surface area contributed by atoms with Crippen LogP contribution in [0.4, 0.5) is 17.1 Å². The number of allylic oxidation sites excluding steroid dienone is 1. The molecule has 1 saturated carbocycles. The zero-order chi connectivity index (χ0) is 43.2. The van der Waals surface area contributed by atoms with Crippen LogP contribution in [0.25, 0.3) is 16.6 Å². The molecular formula is C48H56ClN7O5S. The van der Waals surface area contributed by atoms with Crippen LogP contribution in [-0.4, -0.2) is 90.0 Å². The second kappa shape index (κ2) is 17.3. The predicted octanol–water partition coefficient (Wildman–Crippen LogP) is 10.2. The van der Waals surface area contributed by atoms with Gasteiger partial charge in [-0.25, -0.2) is 17.4 Å². The molecule has 0 amide bonds. The van der Waals surface area contributed by atoms with Crippen molar-refractivity contribution >= 4 is 55.3 Å². The van der Waals surface area contributed by atoms with Gasteiger partial charge in [-0.15, -0.1) is 0 Å². The molecule has 0 atom stereocenters. The molecule has 4 aliphatic rings. The Morgan fingerprint density at radius 3 is 2.40 bits per heavy atom. The quantitative estimate of drug-likeness (QED) is 0.0956. The van der Waals surface area contributed by atoms with Crippen molar-refractivity contribution < 1.29 is 18.1 Å². The molecule has 2 aliphatic carbocycles. The standard InChI is InChI=1S/C48H56ClN7O5S/c1-33-7-12-40(54-25-23-52(24-26-54)32-36-15-19-48(2,3)30-43(36)34-8-10-37(49)11-9-34)28-46(33)61-41-27-35-16-22-55(47(35)50-31-41)62(59,60)42-13-14-44(45(29-42)56(57)58)51-38-17-20-53(21-18-38)39-5-4-6-39/h7-14,16,22,27-29,31,38-39,51H,4-6,15,17-21,23-26,30,32H2,1-3H3. The topological polar surface area (TPSA) is 126 Å². The number of hydrogen-bond donors (Lipinski definition) is 1. The summed E-state index contributed by atoms with van der Waals surface area (Å²) in [6, 6.07) is 22.9. The Morgan fingerprint density at radius 2 is 1.69 bits per heavy atom. The van der Waals surface area contributed by atoms with Crippen molar-refractivity contribution in [3.8, 4) is 11.5 Å². The minimum absolute atomic E-state index is 0.0852. The van der Waals surface area contributed by atoms with Crippen LogP contribution in [0.2, 0.25) is 5.02 Å². The number of halogens is 1. The third-order valence-corrected chi connectivity index (χ3v) is 15.5. The molecule has 3 aromatic carbocycles. The van der Waals surface area contributed by atoms with Crippen LogP contribution in [0.15, 0.2) is 95.7 Å². The fraction of sp³-hybridized carbons (Fsp3) is 0.438. The largest absolute Gasteiger partial charge is 0.455 e. The zero-order valence-electron chi connectivity index (χ0n) is 35.9. The van der Waals surface area contributed by atoms with Crippen LogP contribution in [0.1, 0.15) is 76.3 Å². The molecule has 2 saturated heterocycles. The summed E-state index contributed by atoms with van der Waals surface area (Å²) in [4.78, 5) is 23.6. The van der Waals surface area contributed by atoms with E-state index in [9.17, 15) is 18.5 Å². The van der Waals surface area contributed by atoms with E-state index in [1.165, 1.54) is 61.3 Å². The predicted molar refractivity (Wildman–Crippen MR) is 247 cm³/mol. The highest BCUT2D eigenvalue weighted by atomic mass is 35.5. The molecule has 2 aromatic heterocycles. The van der Waals surface area contributed by atoms with Gasteiger partial charge < -0.3 is 19.9 Å². The fourth-order valence-electron chi connectivity index (χ4n) is 9.59. The lowest BCUT2D eigenvalue weighted by atomic mass is 9.72. The van der Waals surface area contributed by atoms with Gasteiger partial charge in [-0.2, -0.15) is 0 Å². The number of aromatic nitrogens is 2. The number of rotatable bonds is 12. The first-order valence-corrected chi connectivity index (χ1v) is 23.9. The van der Waals surface area contributed by atoms with E-state index in [0.29, 0.717) is 28.6 Å². The summed E-state index contributed by atoms with van der Waals surface area (Å²) in [6.07, 6.45) is 11.9. The number of piperazine rings is 1. The second-order valence-corrected chi connectivity index (χ2v) is 20.7. The van der Waals surface area contributed by atoms with Crippen LogP contribution >= 0.6 is 11.6 Å². The van der Waals surface area contributed by atoms with Gasteiger partial charge in [-0.3, -0.25) is 15.0 Å². The Labute approximate surface area is 369 Å². The SMILES string of the molecule is Cc1ccc(N2CCN(CC3=C(c4ccc(Cl)cc4)CC(C)(C)CC3)CC2)cc1Oc1cnc2c(ccn2S(=O)(=O)c2ccc(NC3CCN(C4CCC4)CC3)c([N+](=O)[O-])c2)c1. The number of nitro benzene ring substituents is 1. The van der Waals surface area contributed by atoms with Gasteiger partial charge in [-0.05, 0) is 116 Å². The summed E-state index contributed by atoms with van der Waals surface area (Å²) < 4.78 is 35.5. The third-order valence-electron chi connectivity index (χ3n) is 13.6. The van der Waals surface area contributed by atoms with Gasteiger partial charge >= 0.3 is 0 Å². The number of likely N-dealkylation sites (tertiary alicyclic amines) is 1. The van der Waals surface area contributed by atoms with Gasteiger partial charge in [0.05, 0.1) is 16.0 Å². The monoisotopic (exact) mass is 877 g/mol. The number of fused-ring (bicyclic) bond motifs is 1. The summed E-state index contributed by atoms with van der Waals surface area (Å²) >= 11 is 6.24. The first-order chi connectivity index (χ1) is 29.8. The van der Waals surface area contributed by atoms with E-state index in [-0.39, 0.29) is 27.7 Å². The molecule has 62 heavy (non-hydrogen) atoms. The minimum atomic E-state index is -4.21. The van der Waals surface area contributed by atoms with Gasteiger partial charge in [-0.1, -0.05) is 55.6 Å². The number of hydrogen-bond acceptors (Lipinski definition) is 10. The first-order valence-electron chi connectivity index (χ1n) is 22.0. The second-order valence-electron chi connectivity index (χ2n) is 18.4. The Morgan fingerprint density at radius 1 is 0.935 bits per heavy atom. The van der Waals surface area contributed by atoms with Crippen LogP contribution in [0.3, 0.4) is 0 Å². The Kier molecular flexibility index (Phi) is 11.8. The molecule has 5 aromatic rings. The molecular weight excluding hydrogens is 822 g/mol. The molecule has 326 valence electrons. The summed E-state index contributed by atoms with van der Waals surface area (Å²) in [5.74, 6) is 1.17. The van der Waals surface area contributed by atoms with Crippen LogP contribution in [0, 0.1) is 22.5 Å². The molecule has 0 radical (unpaired) electrons. The molecule has 12 nitrogen and oxygen atoms in total. The maximum Gasteiger partial charge on any atom is 0.293 e. The van der Waals surface area contributed by atoms with Crippen molar-refractivity contribution in [1.82, 2.24) is 18.8 Å². The summed E-state index contributed by atoms with van der Waals surface area (Å²) in [7, 11) is -4.21. The molecule has 1 N–H and O–H groups in total. The van der Waals surface area contributed by atoms with Gasteiger partial charge in [0.2, 0.25) is 0 Å². The van der Waals surface area contributed by atoms with E-state index in [1.54, 1.807) is 17.7 Å². The van der Waals surface area contributed by atoms with E-state index in [2.05, 4.69) is 69.2 Å². The van der Waals surface area contributed by atoms with Crippen molar-refractivity contribution in [2.45, 2.75) is 89.1 Å². The van der Waals surface area contributed by atoms with E-state index < -0.39 is 14.9 Å². The maximum atomic E-state index is 14.0. The normalized spacial score (nSPS) is 19.5. The number of aryl methyl sites for hydroxylation is 1. The first kappa shape index (κ1) is 42.4. The van der Waals surface area contributed by atoms with E-state index >= 15 is 0 Å². The lowest BCUT2D eigenvalue weighted by Crippen LogP contribution is -2.47. The van der Waals surface area contributed by atoms with Crippen molar-refractivity contribution in [3.05, 3.63) is 117 Å². The van der Waals surface area contributed by atoms with E-state index in [1.807, 2.05) is 19.1 Å². The van der Waals surface area contributed by atoms with E-state index in [0.717, 1.165) is 97.8 Å².